The van der Waals surface area contributed by atoms with Gasteiger partial charge >= 0.3 is 0 Å². The van der Waals surface area contributed by atoms with Gasteiger partial charge in [0.05, 0.1) is 10.7 Å². The number of rotatable bonds is 1. The minimum Gasteiger partial charge on any atom is -0.491 e. The molecule has 1 aromatic carbocycles. The van der Waals surface area contributed by atoms with Gasteiger partial charge in [0.2, 0.25) is 5.82 Å². The predicted octanol–water partition coefficient (Wildman–Crippen LogP) is 2.72. The third-order valence-corrected chi connectivity index (χ3v) is 2.06. The van der Waals surface area contributed by atoms with Crippen molar-refractivity contribution in [3.05, 3.63) is 27.1 Å². The van der Waals surface area contributed by atoms with Gasteiger partial charge < -0.3 is 4.74 Å². The third kappa shape index (κ3) is 1.50. The maximum absolute atomic E-state index is 12.9. The summed E-state index contributed by atoms with van der Waals surface area (Å²) in [5.41, 5.74) is 0. The van der Waals surface area contributed by atoms with Crippen LogP contribution in [0.1, 0.15) is 0 Å². The Morgan fingerprint density at radius 2 is 1.83 bits per heavy atom. The predicted molar refractivity (Wildman–Crippen MR) is 45.6 cm³/mol. The molecule has 0 saturated carbocycles. The number of halogens is 4. The summed E-state index contributed by atoms with van der Waals surface area (Å²) < 4.78 is 42.5. The van der Waals surface area contributed by atoms with Gasteiger partial charge in [0, 0.05) is 0 Å². The molecule has 0 fully saturated rings. The van der Waals surface area contributed by atoms with E-state index >= 15 is 0 Å². The first-order chi connectivity index (χ1) is 5.57. The van der Waals surface area contributed by atoms with Crippen LogP contribution in [0, 0.1) is 21.0 Å². The van der Waals surface area contributed by atoms with E-state index in [9.17, 15) is 13.2 Å². The van der Waals surface area contributed by atoms with E-state index in [-0.39, 0.29) is 3.57 Å². The minimum atomic E-state index is -1.30. The molecule has 0 amide bonds. The molecular weight excluding hydrogens is 284 g/mol. The van der Waals surface area contributed by atoms with Crippen molar-refractivity contribution in [2.24, 2.45) is 0 Å². The zero-order valence-corrected chi connectivity index (χ0v) is 8.15. The Labute approximate surface area is 80.7 Å². The van der Waals surface area contributed by atoms with Crippen LogP contribution < -0.4 is 4.74 Å². The standard InChI is InChI=1S/C7H4F3IO/c1-12-7-5(9)3(8)2-4(11)6(7)10/h2H,1H3. The molecule has 0 bridgehead atoms. The van der Waals surface area contributed by atoms with Crippen LogP contribution in [0.15, 0.2) is 6.07 Å². The van der Waals surface area contributed by atoms with E-state index in [1.165, 1.54) is 0 Å². The van der Waals surface area contributed by atoms with Gasteiger partial charge in [-0.3, -0.25) is 0 Å². The molecule has 0 atom stereocenters. The first-order valence-electron chi connectivity index (χ1n) is 2.95. The average molecular weight is 288 g/mol. The van der Waals surface area contributed by atoms with Crippen LogP contribution in [0.4, 0.5) is 13.2 Å². The van der Waals surface area contributed by atoms with Crippen LogP contribution in [0.2, 0.25) is 0 Å². The van der Waals surface area contributed by atoms with Crippen molar-refractivity contribution in [2.45, 2.75) is 0 Å². The quantitative estimate of drug-likeness (QED) is 0.570. The van der Waals surface area contributed by atoms with E-state index in [1.54, 1.807) is 22.6 Å². The van der Waals surface area contributed by atoms with E-state index in [0.29, 0.717) is 0 Å². The molecule has 0 unspecified atom stereocenters. The molecule has 0 saturated heterocycles. The van der Waals surface area contributed by atoms with E-state index in [2.05, 4.69) is 4.74 Å². The van der Waals surface area contributed by atoms with Crippen LogP contribution in [-0.2, 0) is 0 Å². The summed E-state index contributed by atoms with van der Waals surface area (Å²) in [4.78, 5) is 0. The Kier molecular flexibility index (Phi) is 2.81. The smallest absolute Gasteiger partial charge is 0.203 e. The lowest BCUT2D eigenvalue weighted by molar-refractivity contribution is 0.345. The lowest BCUT2D eigenvalue weighted by atomic mass is 10.3. The van der Waals surface area contributed by atoms with E-state index < -0.39 is 23.2 Å². The monoisotopic (exact) mass is 288 g/mol. The highest BCUT2D eigenvalue weighted by Gasteiger charge is 2.17. The first kappa shape index (κ1) is 9.63. The second-order valence-corrected chi connectivity index (χ2v) is 3.16. The maximum atomic E-state index is 12.9. The Bertz CT molecular complexity index is 288. The van der Waals surface area contributed by atoms with Gasteiger partial charge in [-0.2, -0.15) is 4.39 Å². The van der Waals surface area contributed by atoms with E-state index in [0.717, 1.165) is 13.2 Å². The van der Waals surface area contributed by atoms with Crippen molar-refractivity contribution in [2.75, 3.05) is 7.11 Å². The molecule has 0 aromatic heterocycles. The van der Waals surface area contributed by atoms with Crippen LogP contribution in [-0.4, -0.2) is 7.11 Å². The highest BCUT2D eigenvalue weighted by Crippen LogP contribution is 2.27. The fraction of sp³-hybridized carbons (Fsp3) is 0.143. The average Bonchev–Trinajstić information content (AvgIpc) is 2.02. The van der Waals surface area contributed by atoms with E-state index in [1.807, 2.05) is 0 Å². The van der Waals surface area contributed by atoms with Crippen LogP contribution in [0.3, 0.4) is 0 Å². The van der Waals surface area contributed by atoms with Gasteiger partial charge in [-0.05, 0) is 28.7 Å². The lowest BCUT2D eigenvalue weighted by Crippen LogP contribution is -1.98. The van der Waals surface area contributed by atoms with Gasteiger partial charge in [-0.25, -0.2) is 8.78 Å². The maximum Gasteiger partial charge on any atom is 0.203 e. The Balaban J connectivity index is 3.42. The fourth-order valence-electron chi connectivity index (χ4n) is 0.730. The lowest BCUT2D eigenvalue weighted by Gasteiger charge is -2.04. The Morgan fingerprint density at radius 1 is 1.25 bits per heavy atom. The fourth-order valence-corrected chi connectivity index (χ4v) is 1.25. The van der Waals surface area contributed by atoms with Crippen molar-refractivity contribution < 1.29 is 17.9 Å². The number of methoxy groups -OCH3 is 1. The molecular formula is C7H4F3IO. The highest BCUT2D eigenvalue weighted by molar-refractivity contribution is 14.1. The second-order valence-electron chi connectivity index (χ2n) is 2.00. The molecule has 0 aliphatic heterocycles. The first-order valence-corrected chi connectivity index (χ1v) is 4.02. The number of benzene rings is 1. The molecule has 1 aromatic rings. The molecule has 0 radical (unpaired) electrons. The molecule has 12 heavy (non-hydrogen) atoms. The molecule has 0 aliphatic carbocycles. The second kappa shape index (κ2) is 3.51. The highest BCUT2D eigenvalue weighted by atomic mass is 127. The summed E-state index contributed by atoms with van der Waals surface area (Å²) >= 11 is 1.55. The van der Waals surface area contributed by atoms with Gasteiger partial charge in [-0.15, -0.1) is 0 Å². The zero-order valence-electron chi connectivity index (χ0n) is 6.00. The summed E-state index contributed by atoms with van der Waals surface area (Å²) in [5.74, 6) is -3.97. The van der Waals surface area contributed by atoms with Crippen LogP contribution in [0.25, 0.3) is 0 Å². The molecule has 0 aliphatic rings. The van der Waals surface area contributed by atoms with Crippen molar-refractivity contribution in [3.8, 4) is 5.75 Å². The molecule has 1 rings (SSSR count). The van der Waals surface area contributed by atoms with Gasteiger partial charge in [0.1, 0.15) is 0 Å². The number of ether oxygens (including phenoxy) is 1. The summed E-state index contributed by atoms with van der Waals surface area (Å²) in [6.45, 7) is 0. The van der Waals surface area contributed by atoms with E-state index in [4.69, 9.17) is 0 Å². The topological polar surface area (TPSA) is 9.23 Å². The zero-order chi connectivity index (χ0) is 9.30. The molecule has 0 heterocycles. The summed E-state index contributed by atoms with van der Waals surface area (Å²) in [6.07, 6.45) is 0. The van der Waals surface area contributed by atoms with Crippen molar-refractivity contribution >= 4 is 22.6 Å². The molecule has 1 nitrogen and oxygen atoms in total. The summed E-state index contributed by atoms with van der Waals surface area (Å²) in [6, 6.07) is 0.772. The number of hydrogen-bond donors (Lipinski definition) is 0. The van der Waals surface area contributed by atoms with Gasteiger partial charge in [-0.1, -0.05) is 0 Å². The van der Waals surface area contributed by atoms with Crippen molar-refractivity contribution in [3.63, 3.8) is 0 Å². The SMILES string of the molecule is COc1c(F)c(F)cc(I)c1F. The van der Waals surface area contributed by atoms with Gasteiger partial charge in [0.25, 0.3) is 0 Å². The molecule has 0 N–H and O–H groups in total. The van der Waals surface area contributed by atoms with Crippen LogP contribution >= 0.6 is 22.6 Å². The molecule has 5 heteroatoms. The minimum absolute atomic E-state index is 0.0108. The Morgan fingerprint density at radius 3 is 2.33 bits per heavy atom. The van der Waals surface area contributed by atoms with Crippen molar-refractivity contribution in [1.82, 2.24) is 0 Å². The summed E-state index contributed by atoms with van der Waals surface area (Å²) in [5, 5.41) is 0. The molecule has 0 spiro atoms. The molecule has 66 valence electrons. The largest absolute Gasteiger partial charge is 0.491 e. The Hall–Kier alpha value is -0.460. The van der Waals surface area contributed by atoms with Crippen molar-refractivity contribution in [1.29, 1.82) is 0 Å². The number of hydrogen-bond acceptors (Lipinski definition) is 1. The summed E-state index contributed by atoms with van der Waals surface area (Å²) in [7, 11) is 1.08. The van der Waals surface area contributed by atoms with Crippen LogP contribution in [0.5, 0.6) is 5.75 Å². The third-order valence-electron chi connectivity index (χ3n) is 1.28. The normalized spacial score (nSPS) is 10.1. The van der Waals surface area contributed by atoms with Gasteiger partial charge in [0.15, 0.2) is 17.4 Å².